The molecule has 1 saturated heterocycles. The van der Waals surface area contributed by atoms with E-state index >= 15 is 0 Å². The van der Waals surface area contributed by atoms with E-state index in [2.05, 4.69) is 12.1 Å². The summed E-state index contributed by atoms with van der Waals surface area (Å²) in [7, 11) is 0. The molecule has 6 heteroatoms. The Bertz CT molecular complexity index is 1190. The number of fused-ring (bicyclic) bond motifs is 1. The SMILES string of the molecule is CC(C)O.O=C1C=C(c2ccc(Cl)cc2)C[C@@H](c2ccccc2)N2[C@@H](c3ccccc3)CC(=O)N12. The molecule has 1 N–H and O–H groups in total. The van der Waals surface area contributed by atoms with E-state index in [1.165, 1.54) is 5.01 Å². The van der Waals surface area contributed by atoms with Crippen molar-refractivity contribution in [2.24, 2.45) is 0 Å². The van der Waals surface area contributed by atoms with Gasteiger partial charge in [0, 0.05) is 17.2 Å². The number of rotatable bonds is 3. The van der Waals surface area contributed by atoms with Gasteiger partial charge >= 0.3 is 0 Å². The Morgan fingerprint density at radius 1 is 0.800 bits per heavy atom. The normalized spacial score (nSPS) is 20.1. The topological polar surface area (TPSA) is 60.9 Å². The highest BCUT2D eigenvalue weighted by Gasteiger charge is 2.47. The summed E-state index contributed by atoms with van der Waals surface area (Å²) in [5, 5.41) is 12.0. The van der Waals surface area contributed by atoms with E-state index in [0.717, 1.165) is 22.3 Å². The van der Waals surface area contributed by atoms with Gasteiger partial charge in [-0.3, -0.25) is 9.59 Å². The van der Waals surface area contributed by atoms with Gasteiger partial charge in [0.05, 0.1) is 18.5 Å². The number of hydrogen-bond acceptors (Lipinski definition) is 4. The lowest BCUT2D eigenvalue weighted by Crippen LogP contribution is -2.44. The van der Waals surface area contributed by atoms with Gasteiger partial charge in [-0.25, -0.2) is 5.01 Å². The summed E-state index contributed by atoms with van der Waals surface area (Å²) in [5.41, 5.74) is 3.93. The molecule has 2 aliphatic heterocycles. The molecule has 0 aromatic heterocycles. The van der Waals surface area contributed by atoms with Gasteiger partial charge in [0.2, 0.25) is 5.91 Å². The summed E-state index contributed by atoms with van der Waals surface area (Å²) >= 11 is 6.07. The molecule has 0 spiro atoms. The summed E-state index contributed by atoms with van der Waals surface area (Å²) < 4.78 is 0. The fourth-order valence-corrected chi connectivity index (χ4v) is 4.66. The number of nitrogens with zero attached hydrogens (tertiary/aromatic N) is 2. The van der Waals surface area contributed by atoms with Crippen LogP contribution in [-0.4, -0.2) is 33.0 Å². The van der Waals surface area contributed by atoms with Crippen molar-refractivity contribution in [2.75, 3.05) is 0 Å². The molecule has 0 bridgehead atoms. The van der Waals surface area contributed by atoms with E-state index in [9.17, 15) is 9.59 Å². The molecule has 0 aliphatic carbocycles. The third kappa shape index (κ3) is 5.70. The Kier molecular flexibility index (Phi) is 7.81. The second kappa shape index (κ2) is 11.0. The Morgan fingerprint density at radius 2 is 1.29 bits per heavy atom. The molecule has 3 aromatic carbocycles. The van der Waals surface area contributed by atoms with Gasteiger partial charge in [0.1, 0.15) is 0 Å². The minimum absolute atomic E-state index is 0.161. The predicted octanol–water partition coefficient (Wildman–Crippen LogP) is 5.97. The molecule has 2 aliphatic rings. The summed E-state index contributed by atoms with van der Waals surface area (Å²) in [6.07, 6.45) is 2.32. The molecule has 5 nitrogen and oxygen atoms in total. The van der Waals surface area contributed by atoms with Gasteiger partial charge in [-0.15, -0.1) is 0 Å². The molecule has 0 unspecified atom stereocenters. The number of hydrogen-bond donors (Lipinski definition) is 1. The summed E-state index contributed by atoms with van der Waals surface area (Å²) in [6, 6.07) is 27.2. The Hall–Kier alpha value is -3.25. The van der Waals surface area contributed by atoms with Crippen LogP contribution in [0.4, 0.5) is 0 Å². The number of benzene rings is 3. The van der Waals surface area contributed by atoms with Gasteiger partial charge in [-0.05, 0) is 54.7 Å². The maximum Gasteiger partial charge on any atom is 0.268 e. The van der Waals surface area contributed by atoms with Crippen LogP contribution < -0.4 is 0 Å². The number of halogens is 1. The molecule has 180 valence electrons. The second-order valence-corrected chi connectivity index (χ2v) is 9.39. The highest BCUT2D eigenvalue weighted by molar-refractivity contribution is 6.30. The second-order valence-electron chi connectivity index (χ2n) is 8.96. The van der Waals surface area contributed by atoms with Crippen LogP contribution in [0.3, 0.4) is 0 Å². The van der Waals surface area contributed by atoms with Gasteiger partial charge < -0.3 is 5.11 Å². The predicted molar refractivity (Wildman–Crippen MR) is 138 cm³/mol. The van der Waals surface area contributed by atoms with Crippen molar-refractivity contribution in [2.45, 2.75) is 44.9 Å². The van der Waals surface area contributed by atoms with Crippen LogP contribution in [0.1, 0.15) is 55.5 Å². The number of carbonyl (C=O) groups is 2. The standard InChI is InChI=1S/C26H21ClN2O2.C3H8O/c27-22-13-11-18(12-14-22)21-15-23(19-7-3-1-4-8-19)28-24(20-9-5-2-6-10-20)17-26(31)29(28)25(30)16-21;1-3(2)4/h1-14,16,23-24H,15,17H2;3-4H,1-2H3/t23-,24+;/m0./s1. The summed E-state index contributed by atoms with van der Waals surface area (Å²) in [6.45, 7) is 3.44. The quantitative estimate of drug-likeness (QED) is 0.461. The van der Waals surface area contributed by atoms with Crippen molar-refractivity contribution in [1.29, 1.82) is 0 Å². The van der Waals surface area contributed by atoms with Crippen molar-refractivity contribution in [3.63, 3.8) is 0 Å². The Balaban J connectivity index is 0.000000672. The van der Waals surface area contributed by atoms with E-state index in [1.54, 1.807) is 19.9 Å². The van der Waals surface area contributed by atoms with Crippen molar-refractivity contribution in [3.8, 4) is 0 Å². The third-order valence-electron chi connectivity index (χ3n) is 5.98. The smallest absolute Gasteiger partial charge is 0.268 e. The Morgan fingerprint density at radius 3 is 1.80 bits per heavy atom. The number of imide groups is 1. The molecule has 0 radical (unpaired) electrons. The van der Waals surface area contributed by atoms with Crippen LogP contribution in [0.25, 0.3) is 5.57 Å². The molecular formula is C29H29ClN2O3. The molecule has 0 saturated carbocycles. The van der Waals surface area contributed by atoms with Gasteiger partial charge in [-0.1, -0.05) is 84.4 Å². The molecule has 5 rings (SSSR count). The fourth-order valence-electron chi connectivity index (χ4n) is 4.53. The highest BCUT2D eigenvalue weighted by atomic mass is 35.5. The van der Waals surface area contributed by atoms with Crippen LogP contribution in [0.2, 0.25) is 5.02 Å². The molecule has 35 heavy (non-hydrogen) atoms. The molecule has 2 amide bonds. The molecule has 3 aromatic rings. The zero-order chi connectivity index (χ0) is 24.9. The maximum absolute atomic E-state index is 13.3. The van der Waals surface area contributed by atoms with Crippen LogP contribution in [0.15, 0.2) is 91.0 Å². The summed E-state index contributed by atoms with van der Waals surface area (Å²) in [4.78, 5) is 26.3. The van der Waals surface area contributed by atoms with E-state index in [-0.39, 0.29) is 36.4 Å². The van der Waals surface area contributed by atoms with Gasteiger partial charge in [0.15, 0.2) is 0 Å². The molecule has 2 heterocycles. The lowest BCUT2D eigenvalue weighted by molar-refractivity contribution is -0.157. The van der Waals surface area contributed by atoms with Crippen LogP contribution >= 0.6 is 11.6 Å². The number of carbonyl (C=O) groups excluding carboxylic acids is 2. The van der Waals surface area contributed by atoms with E-state index in [1.807, 2.05) is 77.8 Å². The monoisotopic (exact) mass is 488 g/mol. The zero-order valence-electron chi connectivity index (χ0n) is 19.8. The average Bonchev–Trinajstić information content (AvgIpc) is 3.11. The molecule has 2 atom stereocenters. The van der Waals surface area contributed by atoms with Crippen molar-refractivity contribution >= 4 is 29.0 Å². The van der Waals surface area contributed by atoms with Crippen LogP contribution in [0, 0.1) is 0 Å². The molecular weight excluding hydrogens is 460 g/mol. The van der Waals surface area contributed by atoms with Gasteiger partial charge in [0.25, 0.3) is 5.91 Å². The van der Waals surface area contributed by atoms with Crippen LogP contribution in [0.5, 0.6) is 0 Å². The first-order valence-corrected chi connectivity index (χ1v) is 12.1. The minimum Gasteiger partial charge on any atom is -0.394 e. The third-order valence-corrected chi connectivity index (χ3v) is 6.23. The Labute approximate surface area is 211 Å². The van der Waals surface area contributed by atoms with E-state index < -0.39 is 0 Å². The number of amides is 2. The minimum atomic E-state index is -0.299. The number of aliphatic hydroxyl groups excluding tert-OH is 1. The van der Waals surface area contributed by atoms with Gasteiger partial charge in [-0.2, -0.15) is 5.01 Å². The summed E-state index contributed by atoms with van der Waals surface area (Å²) in [5.74, 6) is -0.472. The first kappa shape index (κ1) is 24.9. The van der Waals surface area contributed by atoms with E-state index in [0.29, 0.717) is 11.4 Å². The average molecular weight is 489 g/mol. The first-order chi connectivity index (χ1) is 16.8. The zero-order valence-corrected chi connectivity index (χ0v) is 20.6. The number of aliphatic hydroxyl groups is 1. The fraction of sp³-hybridized carbons (Fsp3) is 0.241. The van der Waals surface area contributed by atoms with Crippen molar-refractivity contribution in [3.05, 3.63) is 113 Å². The highest BCUT2D eigenvalue weighted by Crippen LogP contribution is 2.45. The lowest BCUT2D eigenvalue weighted by atomic mass is 9.92. The largest absolute Gasteiger partial charge is 0.394 e. The van der Waals surface area contributed by atoms with Crippen molar-refractivity contribution < 1.29 is 14.7 Å². The molecule has 1 fully saturated rings. The lowest BCUT2D eigenvalue weighted by Gasteiger charge is -2.36. The first-order valence-electron chi connectivity index (χ1n) is 11.7. The van der Waals surface area contributed by atoms with Crippen LogP contribution in [-0.2, 0) is 9.59 Å². The maximum atomic E-state index is 13.3. The number of hydrazine groups is 1. The van der Waals surface area contributed by atoms with Crippen molar-refractivity contribution in [1.82, 2.24) is 10.0 Å². The van der Waals surface area contributed by atoms with E-state index in [4.69, 9.17) is 16.7 Å².